The highest BCUT2D eigenvalue weighted by molar-refractivity contribution is 5.95. The number of carbonyl (C=O) groups is 1. The molecule has 30 heavy (non-hydrogen) atoms. The molecular formula is C25H20O5. The van der Waals surface area contributed by atoms with Crippen LogP contribution < -0.4 is 10.4 Å². The molecule has 4 aromatic rings. The zero-order chi connectivity index (χ0) is 21.1. The predicted molar refractivity (Wildman–Crippen MR) is 114 cm³/mol. The van der Waals surface area contributed by atoms with Gasteiger partial charge in [-0.3, -0.25) is 0 Å². The molecule has 1 aromatic heterocycles. The second kappa shape index (κ2) is 8.25. The summed E-state index contributed by atoms with van der Waals surface area (Å²) in [5.74, 6) is -0.0738. The molecule has 0 saturated carbocycles. The van der Waals surface area contributed by atoms with Crippen LogP contribution in [0.15, 0.2) is 88.1 Å². The number of ether oxygens (including phenoxy) is 2. The first-order chi connectivity index (χ1) is 14.6. The number of rotatable bonds is 5. The van der Waals surface area contributed by atoms with E-state index in [1.807, 2.05) is 54.6 Å². The summed E-state index contributed by atoms with van der Waals surface area (Å²) in [6, 6.07) is 23.8. The molecule has 0 N–H and O–H groups in total. The molecule has 0 saturated heterocycles. The SMILES string of the molecule is COC(=O)[C@@H](Oc1ccc2c(-c3ccccc3)cc(=O)oc2c1C)c1ccccc1. The van der Waals surface area contributed by atoms with Crippen LogP contribution in [0.5, 0.6) is 5.75 Å². The third-order valence-electron chi connectivity index (χ3n) is 4.96. The Morgan fingerprint density at radius 1 is 0.933 bits per heavy atom. The van der Waals surface area contributed by atoms with E-state index in [2.05, 4.69) is 0 Å². The first-order valence-corrected chi connectivity index (χ1v) is 9.51. The molecule has 5 nitrogen and oxygen atoms in total. The summed E-state index contributed by atoms with van der Waals surface area (Å²) < 4.78 is 16.5. The van der Waals surface area contributed by atoms with E-state index in [1.165, 1.54) is 13.2 Å². The fourth-order valence-corrected chi connectivity index (χ4v) is 3.44. The third-order valence-corrected chi connectivity index (χ3v) is 4.96. The van der Waals surface area contributed by atoms with Crippen LogP contribution >= 0.6 is 0 Å². The Balaban J connectivity index is 1.82. The number of methoxy groups -OCH3 is 1. The first-order valence-electron chi connectivity index (χ1n) is 9.51. The van der Waals surface area contributed by atoms with Crippen LogP contribution in [0.1, 0.15) is 17.2 Å². The molecule has 150 valence electrons. The van der Waals surface area contributed by atoms with Gasteiger partial charge in [0.25, 0.3) is 0 Å². The average Bonchev–Trinajstić information content (AvgIpc) is 2.79. The Kier molecular flexibility index (Phi) is 5.35. The summed E-state index contributed by atoms with van der Waals surface area (Å²) in [5, 5.41) is 0.792. The molecule has 0 aliphatic rings. The first kappa shape index (κ1) is 19.5. The van der Waals surface area contributed by atoms with Gasteiger partial charge in [0.15, 0.2) is 0 Å². The van der Waals surface area contributed by atoms with E-state index in [1.54, 1.807) is 25.1 Å². The fourth-order valence-electron chi connectivity index (χ4n) is 3.44. The average molecular weight is 400 g/mol. The molecule has 0 amide bonds. The van der Waals surface area contributed by atoms with Gasteiger partial charge in [0.2, 0.25) is 6.10 Å². The summed E-state index contributed by atoms with van der Waals surface area (Å²) in [5.41, 5.74) is 2.98. The summed E-state index contributed by atoms with van der Waals surface area (Å²) in [7, 11) is 1.32. The summed E-state index contributed by atoms with van der Waals surface area (Å²) in [6.45, 7) is 1.80. The van der Waals surface area contributed by atoms with Crippen LogP contribution in [-0.2, 0) is 9.53 Å². The van der Waals surface area contributed by atoms with Gasteiger partial charge in [0.1, 0.15) is 11.3 Å². The highest BCUT2D eigenvalue weighted by Gasteiger charge is 2.25. The number of aryl methyl sites for hydroxylation is 1. The molecule has 1 heterocycles. The van der Waals surface area contributed by atoms with Gasteiger partial charge in [0.05, 0.1) is 7.11 Å². The van der Waals surface area contributed by atoms with Crippen molar-refractivity contribution in [3.8, 4) is 16.9 Å². The van der Waals surface area contributed by atoms with Crippen LogP contribution in [0.4, 0.5) is 0 Å². The number of carbonyl (C=O) groups excluding carboxylic acids is 1. The molecule has 0 spiro atoms. The third kappa shape index (κ3) is 3.70. The van der Waals surface area contributed by atoms with E-state index < -0.39 is 17.7 Å². The zero-order valence-corrected chi connectivity index (χ0v) is 16.6. The van der Waals surface area contributed by atoms with Gasteiger partial charge in [-0.1, -0.05) is 60.7 Å². The van der Waals surface area contributed by atoms with Crippen molar-refractivity contribution in [2.24, 2.45) is 0 Å². The van der Waals surface area contributed by atoms with Gasteiger partial charge in [-0.25, -0.2) is 9.59 Å². The number of fused-ring (bicyclic) bond motifs is 1. The zero-order valence-electron chi connectivity index (χ0n) is 16.6. The molecule has 0 fully saturated rings. The maximum atomic E-state index is 12.4. The predicted octanol–water partition coefficient (Wildman–Crippen LogP) is 5.06. The van der Waals surface area contributed by atoms with E-state index in [0.717, 1.165) is 16.5 Å². The minimum atomic E-state index is -0.934. The van der Waals surface area contributed by atoms with Crippen molar-refractivity contribution in [1.82, 2.24) is 0 Å². The topological polar surface area (TPSA) is 65.7 Å². The highest BCUT2D eigenvalue weighted by atomic mass is 16.6. The van der Waals surface area contributed by atoms with Crippen molar-refractivity contribution in [1.29, 1.82) is 0 Å². The van der Waals surface area contributed by atoms with Gasteiger partial charge >= 0.3 is 11.6 Å². The Bertz CT molecular complexity index is 1240. The van der Waals surface area contributed by atoms with Crippen molar-refractivity contribution in [2.75, 3.05) is 7.11 Å². The lowest BCUT2D eigenvalue weighted by Gasteiger charge is -2.19. The minimum Gasteiger partial charge on any atom is -0.474 e. The van der Waals surface area contributed by atoms with Crippen molar-refractivity contribution >= 4 is 16.9 Å². The lowest BCUT2D eigenvalue weighted by atomic mass is 10.00. The molecule has 0 radical (unpaired) electrons. The number of hydrogen-bond acceptors (Lipinski definition) is 5. The van der Waals surface area contributed by atoms with Gasteiger partial charge in [-0.2, -0.15) is 0 Å². The fraction of sp³-hybridized carbons (Fsp3) is 0.120. The smallest absolute Gasteiger partial charge is 0.351 e. The Morgan fingerprint density at radius 2 is 1.60 bits per heavy atom. The van der Waals surface area contributed by atoms with Crippen LogP contribution in [0.3, 0.4) is 0 Å². The Hall–Kier alpha value is -3.86. The van der Waals surface area contributed by atoms with E-state index in [4.69, 9.17) is 13.9 Å². The normalized spacial score (nSPS) is 11.8. The van der Waals surface area contributed by atoms with Crippen molar-refractivity contribution in [3.05, 3.63) is 100 Å². The Morgan fingerprint density at radius 3 is 2.27 bits per heavy atom. The van der Waals surface area contributed by atoms with Gasteiger partial charge in [0, 0.05) is 22.6 Å². The van der Waals surface area contributed by atoms with E-state index in [-0.39, 0.29) is 0 Å². The summed E-state index contributed by atoms with van der Waals surface area (Å²) in [4.78, 5) is 24.6. The molecule has 5 heteroatoms. The van der Waals surface area contributed by atoms with Crippen molar-refractivity contribution in [2.45, 2.75) is 13.0 Å². The number of benzene rings is 3. The van der Waals surface area contributed by atoms with Crippen LogP contribution in [0, 0.1) is 6.92 Å². The van der Waals surface area contributed by atoms with E-state index in [0.29, 0.717) is 22.5 Å². The molecule has 4 rings (SSSR count). The maximum absolute atomic E-state index is 12.4. The summed E-state index contributed by atoms with van der Waals surface area (Å²) >= 11 is 0. The second-order valence-corrected chi connectivity index (χ2v) is 6.84. The second-order valence-electron chi connectivity index (χ2n) is 6.84. The van der Waals surface area contributed by atoms with E-state index in [9.17, 15) is 9.59 Å². The molecule has 0 bridgehead atoms. The molecule has 0 unspecified atom stereocenters. The van der Waals surface area contributed by atoms with Gasteiger partial charge < -0.3 is 13.9 Å². The number of esters is 1. The Labute approximate surface area is 173 Å². The molecular weight excluding hydrogens is 380 g/mol. The van der Waals surface area contributed by atoms with Gasteiger partial charge in [-0.05, 0) is 30.2 Å². The van der Waals surface area contributed by atoms with Gasteiger partial charge in [-0.15, -0.1) is 0 Å². The largest absolute Gasteiger partial charge is 0.474 e. The molecule has 0 aliphatic heterocycles. The minimum absolute atomic E-state index is 0.426. The number of hydrogen-bond donors (Lipinski definition) is 0. The molecule has 0 aliphatic carbocycles. The lowest BCUT2D eigenvalue weighted by molar-refractivity contribution is -0.149. The summed E-state index contributed by atoms with van der Waals surface area (Å²) in [6.07, 6.45) is -0.934. The highest BCUT2D eigenvalue weighted by Crippen LogP contribution is 2.35. The monoisotopic (exact) mass is 400 g/mol. The van der Waals surface area contributed by atoms with Crippen molar-refractivity contribution < 1.29 is 18.7 Å². The molecule has 1 atom stereocenters. The van der Waals surface area contributed by atoms with Crippen LogP contribution in [-0.4, -0.2) is 13.1 Å². The molecule has 3 aromatic carbocycles. The van der Waals surface area contributed by atoms with E-state index >= 15 is 0 Å². The van der Waals surface area contributed by atoms with Crippen molar-refractivity contribution in [3.63, 3.8) is 0 Å². The lowest BCUT2D eigenvalue weighted by Crippen LogP contribution is -2.20. The van der Waals surface area contributed by atoms with Crippen LogP contribution in [0.25, 0.3) is 22.1 Å². The maximum Gasteiger partial charge on any atom is 0.351 e. The quantitative estimate of drug-likeness (QED) is 0.346. The standard InChI is InChI=1S/C25H20O5/c1-16-21(29-24(25(27)28-2)18-11-7-4-8-12-18)14-13-19-20(15-22(26)30-23(16)19)17-9-5-3-6-10-17/h3-15,24H,1-2H3/t24-/m0/s1. The van der Waals surface area contributed by atoms with Crippen LogP contribution in [0.2, 0.25) is 0 Å².